The van der Waals surface area contributed by atoms with Gasteiger partial charge in [0.15, 0.2) is 0 Å². The molecule has 2 aromatic rings. The van der Waals surface area contributed by atoms with E-state index in [-0.39, 0.29) is 6.04 Å². The van der Waals surface area contributed by atoms with Crippen LogP contribution in [-0.4, -0.2) is 9.97 Å². The Morgan fingerprint density at radius 2 is 2.00 bits per heavy atom. The summed E-state index contributed by atoms with van der Waals surface area (Å²) >= 11 is 8.55. The Hall–Kier alpha value is -0.340. The smallest absolute Gasteiger partial charge is 0.115 e. The van der Waals surface area contributed by atoms with E-state index in [1.54, 1.807) is 23.7 Å². The van der Waals surface area contributed by atoms with Gasteiger partial charge in [0.05, 0.1) is 13.6 Å². The van der Waals surface area contributed by atoms with Crippen molar-refractivity contribution in [3.63, 3.8) is 0 Å². The summed E-state index contributed by atoms with van der Waals surface area (Å²) in [6.45, 7) is 0. The first kappa shape index (κ1) is 12.1. The lowest BCUT2D eigenvalue weighted by molar-refractivity contribution is 0.631. The van der Waals surface area contributed by atoms with Gasteiger partial charge in [-0.3, -0.25) is 5.84 Å². The molecule has 1 unspecified atom stereocenters. The molecule has 1 atom stereocenters. The third kappa shape index (κ3) is 2.49. The number of halogens is 2. The Kier molecular flexibility index (Phi) is 4.04. The van der Waals surface area contributed by atoms with Crippen molar-refractivity contribution in [2.45, 2.75) is 6.04 Å². The van der Waals surface area contributed by atoms with Crippen LogP contribution in [0, 0.1) is 0 Å². The summed E-state index contributed by atoms with van der Waals surface area (Å²) in [5.74, 6) is 5.58. The molecule has 16 heavy (non-hydrogen) atoms. The van der Waals surface area contributed by atoms with Crippen LogP contribution in [-0.2, 0) is 0 Å². The molecule has 2 aromatic heterocycles. The molecule has 0 amide bonds. The maximum Gasteiger partial charge on any atom is 0.115 e. The normalized spacial score (nSPS) is 12.7. The van der Waals surface area contributed by atoms with E-state index < -0.39 is 0 Å². The van der Waals surface area contributed by atoms with Gasteiger partial charge in [0.1, 0.15) is 6.33 Å². The van der Waals surface area contributed by atoms with Crippen molar-refractivity contribution >= 4 is 43.2 Å². The molecule has 3 N–H and O–H groups in total. The van der Waals surface area contributed by atoms with Crippen molar-refractivity contribution in [3.05, 3.63) is 43.5 Å². The van der Waals surface area contributed by atoms with Crippen LogP contribution >= 0.6 is 43.2 Å². The maximum atomic E-state index is 5.58. The molecule has 0 aromatic carbocycles. The average molecular weight is 364 g/mol. The zero-order valence-corrected chi connectivity index (χ0v) is 12.0. The van der Waals surface area contributed by atoms with E-state index in [0.717, 1.165) is 18.7 Å². The quantitative estimate of drug-likeness (QED) is 0.649. The largest absolute Gasteiger partial charge is 0.271 e. The monoisotopic (exact) mass is 362 g/mol. The Balaban J connectivity index is 2.40. The molecule has 0 bridgehead atoms. The maximum absolute atomic E-state index is 5.58. The highest BCUT2D eigenvalue weighted by Gasteiger charge is 2.18. The second kappa shape index (κ2) is 5.33. The molecule has 0 fully saturated rings. The third-order valence-electron chi connectivity index (χ3n) is 2.07. The SMILES string of the molecule is NNC(c1cncnc1)c1cc(Br)sc1Br. The summed E-state index contributed by atoms with van der Waals surface area (Å²) in [6.07, 6.45) is 4.99. The lowest BCUT2D eigenvalue weighted by atomic mass is 10.1. The van der Waals surface area contributed by atoms with Crippen molar-refractivity contribution in [1.82, 2.24) is 15.4 Å². The van der Waals surface area contributed by atoms with Crippen LogP contribution in [0.3, 0.4) is 0 Å². The van der Waals surface area contributed by atoms with Crippen LogP contribution in [0.1, 0.15) is 17.2 Å². The van der Waals surface area contributed by atoms with Gasteiger partial charge in [0.25, 0.3) is 0 Å². The van der Waals surface area contributed by atoms with E-state index in [0.29, 0.717) is 0 Å². The number of thiophene rings is 1. The van der Waals surface area contributed by atoms with Crippen molar-refractivity contribution in [2.75, 3.05) is 0 Å². The first-order chi connectivity index (χ1) is 7.72. The molecule has 7 heteroatoms. The topological polar surface area (TPSA) is 63.8 Å². The molecule has 84 valence electrons. The molecule has 0 radical (unpaired) electrons. The molecule has 2 heterocycles. The summed E-state index contributed by atoms with van der Waals surface area (Å²) in [5, 5.41) is 0. The highest BCUT2D eigenvalue weighted by molar-refractivity contribution is 9.12. The fraction of sp³-hybridized carbons (Fsp3) is 0.111. The summed E-state index contributed by atoms with van der Waals surface area (Å²) < 4.78 is 2.08. The molecule has 0 saturated heterocycles. The van der Waals surface area contributed by atoms with Gasteiger partial charge in [-0.1, -0.05) is 0 Å². The number of hydrazine groups is 1. The van der Waals surface area contributed by atoms with E-state index in [9.17, 15) is 0 Å². The number of aromatic nitrogens is 2. The molecule has 0 aliphatic carbocycles. The standard InChI is InChI=1S/C9H8Br2N4S/c10-7-1-6(9(11)16-7)8(15-12)5-2-13-4-14-3-5/h1-4,8,15H,12H2. The van der Waals surface area contributed by atoms with Crippen molar-refractivity contribution < 1.29 is 0 Å². The van der Waals surface area contributed by atoms with Gasteiger partial charge in [0, 0.05) is 23.5 Å². The van der Waals surface area contributed by atoms with E-state index >= 15 is 0 Å². The third-order valence-corrected chi connectivity index (χ3v) is 4.46. The molecular weight excluding hydrogens is 356 g/mol. The number of nitrogens with zero attached hydrogens (tertiary/aromatic N) is 2. The summed E-state index contributed by atoms with van der Waals surface area (Å²) in [6, 6.07) is 1.91. The lowest BCUT2D eigenvalue weighted by Gasteiger charge is -2.14. The Morgan fingerprint density at radius 1 is 1.31 bits per heavy atom. The van der Waals surface area contributed by atoms with Gasteiger partial charge in [-0.05, 0) is 37.9 Å². The Bertz CT molecular complexity index is 474. The zero-order valence-electron chi connectivity index (χ0n) is 8.02. The van der Waals surface area contributed by atoms with Gasteiger partial charge in [-0.15, -0.1) is 11.3 Å². The summed E-state index contributed by atoms with van der Waals surface area (Å²) in [5.41, 5.74) is 4.76. The second-order valence-electron chi connectivity index (χ2n) is 3.05. The van der Waals surface area contributed by atoms with Crippen molar-refractivity contribution in [3.8, 4) is 0 Å². The number of rotatable bonds is 3. The van der Waals surface area contributed by atoms with E-state index in [4.69, 9.17) is 5.84 Å². The van der Waals surface area contributed by atoms with Crippen LogP contribution in [0.5, 0.6) is 0 Å². The average Bonchev–Trinajstić information content (AvgIpc) is 2.61. The summed E-state index contributed by atoms with van der Waals surface area (Å²) in [4.78, 5) is 7.97. The van der Waals surface area contributed by atoms with Gasteiger partial charge in [-0.2, -0.15) is 0 Å². The fourth-order valence-corrected chi connectivity index (χ4v) is 4.28. The van der Waals surface area contributed by atoms with Crippen molar-refractivity contribution in [1.29, 1.82) is 0 Å². The zero-order chi connectivity index (χ0) is 11.5. The van der Waals surface area contributed by atoms with Crippen LogP contribution in [0.4, 0.5) is 0 Å². The summed E-state index contributed by atoms with van der Waals surface area (Å²) in [7, 11) is 0. The first-order valence-corrected chi connectivity index (χ1v) is 6.78. The fourth-order valence-electron chi connectivity index (χ4n) is 1.38. The predicted octanol–water partition coefficient (Wildman–Crippen LogP) is 2.62. The molecule has 4 nitrogen and oxygen atoms in total. The number of hydrogen-bond acceptors (Lipinski definition) is 5. The van der Waals surface area contributed by atoms with Gasteiger partial charge in [0.2, 0.25) is 0 Å². The van der Waals surface area contributed by atoms with Crippen molar-refractivity contribution in [2.24, 2.45) is 5.84 Å². The van der Waals surface area contributed by atoms with Crippen LogP contribution in [0.15, 0.2) is 32.4 Å². The minimum atomic E-state index is -0.113. The molecule has 0 saturated carbocycles. The first-order valence-electron chi connectivity index (χ1n) is 4.38. The molecule has 2 rings (SSSR count). The molecule has 0 spiro atoms. The van der Waals surface area contributed by atoms with Gasteiger partial charge < -0.3 is 0 Å². The molecular formula is C9H8Br2N4S. The Labute approximate surface area is 114 Å². The van der Waals surface area contributed by atoms with Crippen LogP contribution < -0.4 is 11.3 Å². The highest BCUT2D eigenvalue weighted by Crippen LogP contribution is 2.37. The molecule has 0 aliphatic rings. The van der Waals surface area contributed by atoms with E-state index in [1.165, 1.54) is 6.33 Å². The second-order valence-corrected chi connectivity index (χ2v) is 6.80. The van der Waals surface area contributed by atoms with Gasteiger partial charge in [-0.25, -0.2) is 15.4 Å². The predicted molar refractivity (Wildman–Crippen MR) is 70.9 cm³/mol. The number of nitrogens with one attached hydrogen (secondary N) is 1. The minimum absolute atomic E-state index is 0.113. The van der Waals surface area contributed by atoms with Gasteiger partial charge >= 0.3 is 0 Å². The van der Waals surface area contributed by atoms with Crippen LogP contribution in [0.25, 0.3) is 0 Å². The lowest BCUT2D eigenvalue weighted by Crippen LogP contribution is -2.28. The Morgan fingerprint density at radius 3 is 2.50 bits per heavy atom. The van der Waals surface area contributed by atoms with Crippen LogP contribution in [0.2, 0.25) is 0 Å². The highest BCUT2D eigenvalue weighted by atomic mass is 79.9. The minimum Gasteiger partial charge on any atom is -0.271 e. The van der Waals surface area contributed by atoms with E-state index in [2.05, 4.69) is 47.3 Å². The number of hydrogen-bond donors (Lipinski definition) is 2. The van der Waals surface area contributed by atoms with E-state index in [1.807, 2.05) is 6.07 Å². The molecule has 0 aliphatic heterocycles. The number of nitrogens with two attached hydrogens (primary N) is 1.